The molecule has 170 valence electrons. The number of alkyl halides is 3. The van der Waals surface area contributed by atoms with Crippen LogP contribution in [0.15, 0.2) is 47.3 Å². The van der Waals surface area contributed by atoms with E-state index < -0.39 is 11.7 Å². The van der Waals surface area contributed by atoms with E-state index in [-0.39, 0.29) is 35.2 Å². The van der Waals surface area contributed by atoms with Gasteiger partial charge < -0.3 is 14.1 Å². The van der Waals surface area contributed by atoms with Crippen LogP contribution in [0, 0.1) is 18.3 Å². The number of carbonyl (C=O) groups is 1. The Balaban J connectivity index is 1.25. The number of oxazole rings is 1. The normalized spacial score (nSPS) is 27.5. The second kappa shape index (κ2) is 6.79. The average molecular weight is 456 g/mol. The Morgan fingerprint density at radius 3 is 2.76 bits per heavy atom. The van der Waals surface area contributed by atoms with Gasteiger partial charge in [0.25, 0.3) is 5.91 Å². The monoisotopic (exact) mass is 456 g/mol. The number of aromatic nitrogens is 3. The molecule has 10 heteroatoms. The maximum absolute atomic E-state index is 13.6. The number of likely N-dealkylation sites (tertiary alicyclic amines) is 1. The highest BCUT2D eigenvalue weighted by Gasteiger charge is 2.76. The Kier molecular flexibility index (Phi) is 4.15. The van der Waals surface area contributed by atoms with Crippen LogP contribution >= 0.6 is 0 Å². The minimum Gasteiger partial charge on any atom is -0.472 e. The van der Waals surface area contributed by atoms with Gasteiger partial charge in [0.15, 0.2) is 0 Å². The number of halogens is 3. The van der Waals surface area contributed by atoms with E-state index in [0.717, 1.165) is 30.8 Å². The van der Waals surface area contributed by atoms with E-state index in [1.807, 2.05) is 11.8 Å². The number of hydrogen-bond donors (Lipinski definition) is 0. The molecule has 3 aromatic heterocycles. The standard InChI is InChI=1S/C23H19F3N4O3/c1-12-2-4-15(18(29-12)20-27-6-7-32-20)21(31)30-11-14-8-22(14)9-16(19(22)30)33-17-5-3-13(10-28-17)23(24,25)26/h2-7,10,14,16,19H,8-9,11H2,1H3. The summed E-state index contributed by atoms with van der Waals surface area (Å²) in [5.41, 5.74) is 0.733. The predicted octanol–water partition coefficient (Wildman–Crippen LogP) is 4.14. The SMILES string of the molecule is Cc1ccc(C(=O)N2CC3CC34CC(Oc3ccc(C(F)(F)F)cn3)C24)c(-c2ncco2)n1. The molecule has 1 amide bonds. The lowest BCUT2D eigenvalue weighted by Crippen LogP contribution is -2.59. The van der Waals surface area contributed by atoms with E-state index in [2.05, 4.69) is 15.0 Å². The third-order valence-electron chi connectivity index (χ3n) is 7.05. The minimum absolute atomic E-state index is 0.0352. The molecule has 4 unspecified atom stereocenters. The quantitative estimate of drug-likeness (QED) is 0.587. The van der Waals surface area contributed by atoms with Crippen LogP contribution in [0.1, 0.15) is 34.5 Å². The van der Waals surface area contributed by atoms with Gasteiger partial charge in [0.05, 0.1) is 23.4 Å². The minimum atomic E-state index is -4.45. The van der Waals surface area contributed by atoms with E-state index in [9.17, 15) is 18.0 Å². The zero-order valence-electron chi connectivity index (χ0n) is 17.5. The first-order valence-corrected chi connectivity index (χ1v) is 10.6. The first kappa shape index (κ1) is 20.2. The van der Waals surface area contributed by atoms with Crippen molar-refractivity contribution in [2.75, 3.05) is 6.54 Å². The van der Waals surface area contributed by atoms with Gasteiger partial charge in [-0.3, -0.25) is 4.79 Å². The van der Waals surface area contributed by atoms with E-state index in [1.54, 1.807) is 12.1 Å². The fourth-order valence-electron chi connectivity index (χ4n) is 5.41. The number of nitrogens with zero attached hydrogens (tertiary/aromatic N) is 4. The molecule has 6 rings (SSSR count). The van der Waals surface area contributed by atoms with Gasteiger partial charge in [-0.05, 0) is 43.9 Å². The van der Waals surface area contributed by atoms with E-state index >= 15 is 0 Å². The molecule has 4 heterocycles. The van der Waals surface area contributed by atoms with Crippen molar-refractivity contribution in [2.45, 2.75) is 38.1 Å². The van der Waals surface area contributed by atoms with Crippen LogP contribution in [0.2, 0.25) is 0 Å². The molecule has 3 aliphatic rings. The summed E-state index contributed by atoms with van der Waals surface area (Å²) in [6.45, 7) is 2.44. The Morgan fingerprint density at radius 1 is 1.21 bits per heavy atom. The molecule has 2 saturated carbocycles. The summed E-state index contributed by atoms with van der Waals surface area (Å²) >= 11 is 0. The fraction of sp³-hybridized carbons (Fsp3) is 0.391. The summed E-state index contributed by atoms with van der Waals surface area (Å²) in [6.07, 6.45) is 0.705. The molecule has 1 saturated heterocycles. The van der Waals surface area contributed by atoms with Crippen LogP contribution in [0.5, 0.6) is 5.88 Å². The van der Waals surface area contributed by atoms with Crippen molar-refractivity contribution in [3.05, 3.63) is 59.7 Å². The summed E-state index contributed by atoms with van der Waals surface area (Å²) in [5, 5.41) is 0. The summed E-state index contributed by atoms with van der Waals surface area (Å²) < 4.78 is 49.8. The second-order valence-corrected chi connectivity index (χ2v) is 8.97. The van der Waals surface area contributed by atoms with Crippen molar-refractivity contribution < 1.29 is 27.1 Å². The first-order valence-electron chi connectivity index (χ1n) is 10.6. The molecule has 33 heavy (non-hydrogen) atoms. The first-order chi connectivity index (χ1) is 15.8. The van der Waals surface area contributed by atoms with Gasteiger partial charge in [-0.1, -0.05) is 0 Å². The summed E-state index contributed by atoms with van der Waals surface area (Å²) in [5.74, 6) is 0.629. The molecule has 4 atom stereocenters. The van der Waals surface area contributed by atoms with E-state index in [4.69, 9.17) is 9.15 Å². The number of ether oxygens (including phenoxy) is 1. The lowest BCUT2D eigenvalue weighted by Gasteiger charge is -2.47. The smallest absolute Gasteiger partial charge is 0.417 e. The predicted molar refractivity (Wildman–Crippen MR) is 108 cm³/mol. The number of piperidine rings is 1. The third-order valence-corrected chi connectivity index (χ3v) is 7.05. The Bertz CT molecular complexity index is 1230. The van der Waals surface area contributed by atoms with Crippen LogP contribution in [0.25, 0.3) is 11.6 Å². The van der Waals surface area contributed by atoms with Crippen molar-refractivity contribution >= 4 is 5.91 Å². The average Bonchev–Trinajstić information content (AvgIpc) is 3.14. The molecule has 0 aromatic carbocycles. The number of aryl methyl sites for hydroxylation is 1. The highest BCUT2D eigenvalue weighted by Crippen LogP contribution is 2.71. The van der Waals surface area contributed by atoms with Crippen molar-refractivity contribution in [2.24, 2.45) is 11.3 Å². The van der Waals surface area contributed by atoms with Crippen LogP contribution in [-0.4, -0.2) is 44.4 Å². The Labute approximate surface area is 186 Å². The van der Waals surface area contributed by atoms with Crippen molar-refractivity contribution in [3.63, 3.8) is 0 Å². The van der Waals surface area contributed by atoms with E-state index in [0.29, 0.717) is 23.7 Å². The second-order valence-electron chi connectivity index (χ2n) is 8.97. The van der Waals surface area contributed by atoms with Crippen LogP contribution in [0.3, 0.4) is 0 Å². The molecule has 1 spiro atoms. The topological polar surface area (TPSA) is 81.4 Å². The lowest BCUT2D eigenvalue weighted by molar-refractivity contribution is -0.137. The van der Waals surface area contributed by atoms with Gasteiger partial charge in [0, 0.05) is 29.9 Å². The van der Waals surface area contributed by atoms with Gasteiger partial charge in [-0.25, -0.2) is 15.0 Å². The molecule has 2 aliphatic carbocycles. The molecule has 0 N–H and O–H groups in total. The summed E-state index contributed by atoms with van der Waals surface area (Å²) in [7, 11) is 0. The molecule has 1 aliphatic heterocycles. The fourth-order valence-corrected chi connectivity index (χ4v) is 5.41. The van der Waals surface area contributed by atoms with Gasteiger partial charge >= 0.3 is 6.18 Å². The van der Waals surface area contributed by atoms with Gasteiger partial charge in [0.2, 0.25) is 11.8 Å². The maximum atomic E-state index is 13.6. The van der Waals surface area contributed by atoms with Crippen LogP contribution in [-0.2, 0) is 6.18 Å². The number of carbonyl (C=O) groups excluding carboxylic acids is 1. The molecule has 3 fully saturated rings. The van der Waals surface area contributed by atoms with Crippen molar-refractivity contribution in [1.82, 2.24) is 19.9 Å². The molecule has 0 bridgehead atoms. The highest BCUT2D eigenvalue weighted by molar-refractivity contribution is 5.99. The molecular weight excluding hydrogens is 437 g/mol. The zero-order chi connectivity index (χ0) is 23.0. The van der Waals surface area contributed by atoms with Crippen LogP contribution in [0.4, 0.5) is 13.2 Å². The van der Waals surface area contributed by atoms with Gasteiger partial charge in [0.1, 0.15) is 18.1 Å². The lowest BCUT2D eigenvalue weighted by atomic mass is 9.73. The van der Waals surface area contributed by atoms with Crippen molar-refractivity contribution in [1.29, 1.82) is 0 Å². The number of pyridine rings is 2. The van der Waals surface area contributed by atoms with Crippen molar-refractivity contribution in [3.8, 4) is 17.5 Å². The molecule has 3 aromatic rings. The number of rotatable bonds is 4. The Hall–Kier alpha value is -3.43. The summed E-state index contributed by atoms with van der Waals surface area (Å²) in [6, 6.07) is 5.52. The number of amides is 1. The molecule has 7 nitrogen and oxygen atoms in total. The third kappa shape index (κ3) is 3.11. The summed E-state index contributed by atoms with van der Waals surface area (Å²) in [4.78, 5) is 27.9. The molecular formula is C23H19F3N4O3. The van der Waals surface area contributed by atoms with Gasteiger partial charge in [-0.2, -0.15) is 13.2 Å². The zero-order valence-corrected chi connectivity index (χ0v) is 17.5. The van der Waals surface area contributed by atoms with E-state index in [1.165, 1.54) is 18.5 Å². The Morgan fingerprint density at radius 2 is 2.06 bits per heavy atom. The van der Waals surface area contributed by atoms with Crippen LogP contribution < -0.4 is 4.74 Å². The largest absolute Gasteiger partial charge is 0.472 e. The molecule has 0 radical (unpaired) electrons. The maximum Gasteiger partial charge on any atom is 0.417 e. The van der Waals surface area contributed by atoms with Gasteiger partial charge in [-0.15, -0.1) is 0 Å². The highest BCUT2D eigenvalue weighted by atomic mass is 19.4. The number of hydrogen-bond acceptors (Lipinski definition) is 6.